The van der Waals surface area contributed by atoms with E-state index in [2.05, 4.69) is 19.2 Å². The molecule has 1 aliphatic heterocycles. The second kappa shape index (κ2) is 7.39. The van der Waals surface area contributed by atoms with E-state index < -0.39 is 0 Å². The van der Waals surface area contributed by atoms with Crippen molar-refractivity contribution < 1.29 is 9.53 Å². The van der Waals surface area contributed by atoms with Gasteiger partial charge in [-0.15, -0.1) is 0 Å². The van der Waals surface area contributed by atoms with Gasteiger partial charge < -0.3 is 10.1 Å². The summed E-state index contributed by atoms with van der Waals surface area (Å²) in [5, 5.41) is 3.48. The number of carbonyl (C=O) groups excluding carboxylic acids is 1. The molecule has 1 N–H and O–H groups in total. The monoisotopic (exact) mass is 267 g/mol. The summed E-state index contributed by atoms with van der Waals surface area (Å²) in [5.41, 5.74) is 0. The van der Waals surface area contributed by atoms with Gasteiger partial charge in [0.1, 0.15) is 5.78 Å². The first-order valence-corrected chi connectivity index (χ1v) is 8.11. The van der Waals surface area contributed by atoms with Crippen LogP contribution in [0.25, 0.3) is 0 Å². The summed E-state index contributed by atoms with van der Waals surface area (Å²) in [5.74, 6) is 1.65. The number of ketones is 1. The SMILES string of the molecule is CCCNC1COCC1C(=O)C1CCCC(CC)C1. The van der Waals surface area contributed by atoms with Crippen molar-refractivity contribution in [2.75, 3.05) is 19.8 Å². The Bertz CT molecular complexity index is 292. The van der Waals surface area contributed by atoms with Crippen molar-refractivity contribution in [1.29, 1.82) is 0 Å². The molecule has 0 spiro atoms. The molecular formula is C16H29NO2. The highest BCUT2D eigenvalue weighted by molar-refractivity contribution is 5.84. The lowest BCUT2D eigenvalue weighted by Crippen LogP contribution is -2.42. The number of carbonyl (C=O) groups is 1. The standard InChI is InChI=1S/C16H29NO2/c1-3-8-17-15-11-19-10-14(15)16(18)13-7-5-6-12(4-2)9-13/h12-15,17H,3-11H2,1-2H3. The molecule has 0 bridgehead atoms. The fourth-order valence-electron chi connectivity index (χ4n) is 3.59. The average Bonchev–Trinajstić information content (AvgIpc) is 2.92. The van der Waals surface area contributed by atoms with Gasteiger partial charge in [0.05, 0.1) is 19.1 Å². The first-order valence-electron chi connectivity index (χ1n) is 8.11. The Hall–Kier alpha value is -0.410. The molecule has 2 rings (SSSR count). The highest BCUT2D eigenvalue weighted by Gasteiger charge is 2.38. The topological polar surface area (TPSA) is 38.3 Å². The third-order valence-electron chi connectivity index (χ3n) is 4.87. The highest BCUT2D eigenvalue weighted by Crippen LogP contribution is 2.34. The maximum absolute atomic E-state index is 12.7. The molecule has 1 saturated carbocycles. The Morgan fingerprint density at radius 3 is 2.84 bits per heavy atom. The van der Waals surface area contributed by atoms with Crippen LogP contribution in [-0.4, -0.2) is 31.6 Å². The van der Waals surface area contributed by atoms with Crippen LogP contribution in [0.5, 0.6) is 0 Å². The molecule has 0 aromatic rings. The van der Waals surface area contributed by atoms with Crippen molar-refractivity contribution >= 4 is 5.78 Å². The maximum atomic E-state index is 12.7. The van der Waals surface area contributed by atoms with Crippen LogP contribution in [0.15, 0.2) is 0 Å². The molecule has 19 heavy (non-hydrogen) atoms. The second-order valence-electron chi connectivity index (χ2n) is 6.24. The van der Waals surface area contributed by atoms with Crippen LogP contribution in [0, 0.1) is 17.8 Å². The van der Waals surface area contributed by atoms with Crippen LogP contribution in [0.2, 0.25) is 0 Å². The molecule has 2 fully saturated rings. The lowest BCUT2D eigenvalue weighted by molar-refractivity contribution is -0.128. The molecule has 1 saturated heterocycles. The van der Waals surface area contributed by atoms with Crippen LogP contribution in [0.4, 0.5) is 0 Å². The van der Waals surface area contributed by atoms with E-state index in [9.17, 15) is 4.79 Å². The molecule has 1 heterocycles. The van der Waals surface area contributed by atoms with E-state index in [-0.39, 0.29) is 12.0 Å². The zero-order valence-corrected chi connectivity index (χ0v) is 12.5. The van der Waals surface area contributed by atoms with E-state index >= 15 is 0 Å². The summed E-state index contributed by atoms with van der Waals surface area (Å²) < 4.78 is 5.55. The van der Waals surface area contributed by atoms with Gasteiger partial charge in [0.25, 0.3) is 0 Å². The minimum Gasteiger partial charge on any atom is -0.379 e. The van der Waals surface area contributed by atoms with Crippen molar-refractivity contribution in [2.24, 2.45) is 17.8 Å². The normalized spacial score (nSPS) is 35.5. The number of rotatable bonds is 6. The van der Waals surface area contributed by atoms with Crippen molar-refractivity contribution in [1.82, 2.24) is 5.32 Å². The van der Waals surface area contributed by atoms with Crippen molar-refractivity contribution in [3.05, 3.63) is 0 Å². The van der Waals surface area contributed by atoms with Gasteiger partial charge in [-0.2, -0.15) is 0 Å². The number of ether oxygens (including phenoxy) is 1. The summed E-state index contributed by atoms with van der Waals surface area (Å²) in [6.07, 6.45) is 7.11. The van der Waals surface area contributed by atoms with Crippen LogP contribution in [-0.2, 0) is 9.53 Å². The molecule has 4 atom stereocenters. The third-order valence-corrected chi connectivity index (χ3v) is 4.87. The van der Waals surface area contributed by atoms with E-state index in [0.717, 1.165) is 31.7 Å². The van der Waals surface area contributed by atoms with Crippen molar-refractivity contribution in [2.45, 2.75) is 58.4 Å². The number of hydrogen-bond acceptors (Lipinski definition) is 3. The number of hydrogen-bond donors (Lipinski definition) is 1. The molecule has 2 aliphatic rings. The Morgan fingerprint density at radius 1 is 1.26 bits per heavy atom. The maximum Gasteiger partial charge on any atom is 0.143 e. The van der Waals surface area contributed by atoms with Crippen molar-refractivity contribution in [3.63, 3.8) is 0 Å². The molecule has 1 aliphatic carbocycles. The van der Waals surface area contributed by atoms with Gasteiger partial charge in [-0.05, 0) is 31.7 Å². The Balaban J connectivity index is 1.90. The van der Waals surface area contributed by atoms with Gasteiger partial charge in [-0.1, -0.05) is 33.1 Å². The molecule has 3 heteroatoms. The summed E-state index contributed by atoms with van der Waals surface area (Å²) >= 11 is 0. The number of Topliss-reactive ketones (excluding diaryl/α,β-unsaturated/α-hetero) is 1. The van der Waals surface area contributed by atoms with E-state index in [1.807, 2.05) is 0 Å². The van der Waals surface area contributed by atoms with Gasteiger partial charge in [0.15, 0.2) is 0 Å². The predicted octanol–water partition coefficient (Wildman–Crippen LogP) is 2.79. The predicted molar refractivity (Wildman–Crippen MR) is 77.1 cm³/mol. The zero-order chi connectivity index (χ0) is 13.7. The Labute approximate surface area is 117 Å². The first kappa shape index (κ1) is 15.0. The van der Waals surface area contributed by atoms with E-state index in [1.54, 1.807) is 0 Å². The molecule has 3 nitrogen and oxygen atoms in total. The fraction of sp³-hybridized carbons (Fsp3) is 0.938. The van der Waals surface area contributed by atoms with Gasteiger partial charge in [0, 0.05) is 12.0 Å². The minimum absolute atomic E-state index is 0.104. The molecule has 0 radical (unpaired) electrons. The van der Waals surface area contributed by atoms with E-state index in [1.165, 1.54) is 19.3 Å². The fourth-order valence-corrected chi connectivity index (χ4v) is 3.59. The summed E-state index contributed by atoms with van der Waals surface area (Å²) in [7, 11) is 0. The lowest BCUT2D eigenvalue weighted by Gasteiger charge is -2.30. The molecule has 110 valence electrons. The minimum atomic E-state index is 0.104. The molecule has 0 aromatic heterocycles. The van der Waals surface area contributed by atoms with E-state index in [0.29, 0.717) is 24.9 Å². The molecular weight excluding hydrogens is 238 g/mol. The van der Waals surface area contributed by atoms with Gasteiger partial charge in [-0.3, -0.25) is 4.79 Å². The lowest BCUT2D eigenvalue weighted by atomic mass is 9.75. The largest absolute Gasteiger partial charge is 0.379 e. The van der Waals surface area contributed by atoms with Crippen LogP contribution < -0.4 is 5.32 Å². The van der Waals surface area contributed by atoms with Gasteiger partial charge in [0.2, 0.25) is 0 Å². The summed E-state index contributed by atoms with van der Waals surface area (Å²) in [6, 6.07) is 0.259. The van der Waals surface area contributed by atoms with Gasteiger partial charge in [-0.25, -0.2) is 0 Å². The van der Waals surface area contributed by atoms with Crippen molar-refractivity contribution in [3.8, 4) is 0 Å². The summed E-state index contributed by atoms with van der Waals surface area (Å²) in [4.78, 5) is 12.7. The highest BCUT2D eigenvalue weighted by atomic mass is 16.5. The zero-order valence-electron chi connectivity index (χ0n) is 12.5. The van der Waals surface area contributed by atoms with Crippen LogP contribution >= 0.6 is 0 Å². The van der Waals surface area contributed by atoms with E-state index in [4.69, 9.17) is 4.74 Å². The smallest absolute Gasteiger partial charge is 0.143 e. The first-order chi connectivity index (χ1) is 9.26. The molecule has 0 amide bonds. The molecule has 4 unspecified atom stereocenters. The van der Waals surface area contributed by atoms with Crippen LogP contribution in [0.1, 0.15) is 52.4 Å². The molecule has 0 aromatic carbocycles. The van der Waals surface area contributed by atoms with Crippen LogP contribution in [0.3, 0.4) is 0 Å². The summed E-state index contributed by atoms with van der Waals surface area (Å²) in [6.45, 7) is 6.74. The van der Waals surface area contributed by atoms with Gasteiger partial charge >= 0.3 is 0 Å². The Morgan fingerprint density at radius 2 is 2.11 bits per heavy atom. The second-order valence-corrected chi connectivity index (χ2v) is 6.24. The Kier molecular flexibility index (Phi) is 5.83. The quantitative estimate of drug-likeness (QED) is 0.804. The third kappa shape index (κ3) is 3.79. The number of nitrogens with one attached hydrogen (secondary N) is 1. The average molecular weight is 267 g/mol.